The van der Waals surface area contributed by atoms with Crippen LogP contribution in [0.1, 0.15) is 33.3 Å². The van der Waals surface area contributed by atoms with E-state index in [2.05, 4.69) is 5.32 Å². The van der Waals surface area contributed by atoms with Crippen LogP contribution in [-0.4, -0.2) is 42.8 Å². The van der Waals surface area contributed by atoms with Gasteiger partial charge in [0.25, 0.3) is 0 Å². The molecule has 0 saturated carbocycles. The Hall–Kier alpha value is -1.07. The molecule has 8 heteroatoms. The topological polar surface area (TPSA) is 84.9 Å². The molecule has 1 aromatic rings. The van der Waals surface area contributed by atoms with Gasteiger partial charge in [0, 0.05) is 11.7 Å². The molecule has 2 N–H and O–H groups in total. The van der Waals surface area contributed by atoms with Gasteiger partial charge in [-0.1, -0.05) is 23.7 Å². The molecule has 0 bridgehead atoms. The first-order valence-electron chi connectivity index (χ1n) is 8.03. The van der Waals surface area contributed by atoms with Gasteiger partial charge in [0.05, 0.1) is 19.3 Å². The van der Waals surface area contributed by atoms with Crippen LogP contribution in [0.15, 0.2) is 24.3 Å². The zero-order chi connectivity index (χ0) is 19.3. The first kappa shape index (κ1) is 22.0. The van der Waals surface area contributed by atoms with Crippen molar-refractivity contribution in [2.75, 3.05) is 26.0 Å². The Balaban J connectivity index is 3.01. The third kappa shape index (κ3) is 7.78. The fraction of sp³-hybridized carbons (Fsp3) is 0.588. The average molecular weight is 392 g/mol. The first-order chi connectivity index (χ1) is 11.4. The van der Waals surface area contributed by atoms with Crippen molar-refractivity contribution >= 4 is 25.1 Å². The molecule has 1 aromatic carbocycles. The van der Waals surface area contributed by atoms with Crippen LogP contribution in [-0.2, 0) is 19.4 Å². The number of hydrogen-bond acceptors (Lipinski definition) is 5. The molecule has 2 atom stereocenters. The van der Waals surface area contributed by atoms with Crippen LogP contribution < -0.4 is 5.32 Å². The van der Waals surface area contributed by atoms with Crippen LogP contribution in [0.3, 0.4) is 0 Å². The van der Waals surface area contributed by atoms with Crippen LogP contribution in [0, 0.1) is 0 Å². The maximum absolute atomic E-state index is 12.6. The summed E-state index contributed by atoms with van der Waals surface area (Å²) in [5.41, 5.74) is -1.76. The van der Waals surface area contributed by atoms with Crippen LogP contribution >= 0.6 is 19.0 Å². The maximum atomic E-state index is 12.6. The number of rotatable bonds is 7. The van der Waals surface area contributed by atoms with E-state index in [4.69, 9.17) is 20.9 Å². The molecule has 0 aliphatic carbocycles. The minimum atomic E-state index is -3.07. The highest BCUT2D eigenvalue weighted by molar-refractivity contribution is 7.58. The van der Waals surface area contributed by atoms with Crippen molar-refractivity contribution in [2.24, 2.45) is 0 Å². The molecule has 142 valence electrons. The highest BCUT2D eigenvalue weighted by Gasteiger charge is 2.37. The van der Waals surface area contributed by atoms with E-state index in [9.17, 15) is 14.5 Å². The summed E-state index contributed by atoms with van der Waals surface area (Å²) in [6, 6.07) is 6.50. The van der Waals surface area contributed by atoms with Gasteiger partial charge in [-0.15, -0.1) is 0 Å². The molecule has 0 radical (unpaired) electrons. The lowest BCUT2D eigenvalue weighted by atomic mass is 9.96. The molecule has 0 aliphatic rings. The number of hydrogen-bond donors (Lipinski definition) is 2. The lowest BCUT2D eigenvalue weighted by Gasteiger charge is -2.32. The number of carbonyl (C=O) groups is 1. The number of nitrogens with one attached hydrogen (secondary N) is 1. The Morgan fingerprint density at radius 2 is 1.84 bits per heavy atom. The average Bonchev–Trinajstić information content (AvgIpc) is 2.43. The molecular formula is C17H27ClNO5P. The number of carbonyl (C=O) groups excluding carboxylic acids is 1. The van der Waals surface area contributed by atoms with E-state index in [1.165, 1.54) is 6.66 Å². The van der Waals surface area contributed by atoms with Crippen LogP contribution in [0.2, 0.25) is 5.02 Å². The summed E-state index contributed by atoms with van der Waals surface area (Å²) in [7, 11) is -3.07. The summed E-state index contributed by atoms with van der Waals surface area (Å²) in [5.74, 6) is 0. The summed E-state index contributed by atoms with van der Waals surface area (Å²) >= 11 is 5.89. The molecule has 6 nitrogen and oxygen atoms in total. The standard InChI is InChI=1S/C17H27ClNO5P/c1-6-23-25(5,22)12-17(21,13-7-9-14(18)10-8-13)11-19-15(20)24-16(2,3)4/h7-10,21H,6,11-12H2,1-5H3,(H,19,20). The predicted octanol–water partition coefficient (Wildman–Crippen LogP) is 4.00. The second kappa shape index (κ2) is 8.54. The number of alkyl carbamates (subject to hydrolysis) is 1. The third-order valence-electron chi connectivity index (χ3n) is 3.26. The zero-order valence-electron chi connectivity index (χ0n) is 15.3. The second-order valence-corrected chi connectivity index (χ2v) is 10.0. The molecule has 25 heavy (non-hydrogen) atoms. The lowest BCUT2D eigenvalue weighted by molar-refractivity contribution is 0.0318. The van der Waals surface area contributed by atoms with E-state index in [-0.39, 0.29) is 19.3 Å². The molecule has 0 fully saturated rings. The highest BCUT2D eigenvalue weighted by atomic mass is 35.5. The summed E-state index contributed by atoms with van der Waals surface area (Å²) in [4.78, 5) is 11.9. The van der Waals surface area contributed by atoms with Gasteiger partial charge in [0.15, 0.2) is 0 Å². The Labute approximate surface area is 154 Å². The van der Waals surface area contributed by atoms with Crippen LogP contribution in [0.4, 0.5) is 4.79 Å². The molecule has 0 aromatic heterocycles. The quantitative estimate of drug-likeness (QED) is 0.686. The third-order valence-corrected chi connectivity index (χ3v) is 5.41. The SMILES string of the molecule is CCOP(C)(=O)CC(O)(CNC(=O)OC(C)(C)C)c1ccc(Cl)cc1. The van der Waals surface area contributed by atoms with E-state index < -0.39 is 24.7 Å². The Morgan fingerprint density at radius 3 is 2.32 bits per heavy atom. The molecule has 0 spiro atoms. The number of ether oxygens (including phenoxy) is 1. The van der Waals surface area contributed by atoms with E-state index in [1.54, 1.807) is 52.0 Å². The Morgan fingerprint density at radius 1 is 1.28 bits per heavy atom. The van der Waals surface area contributed by atoms with Crippen molar-refractivity contribution in [1.82, 2.24) is 5.32 Å². The van der Waals surface area contributed by atoms with Gasteiger partial charge in [-0.3, -0.25) is 4.57 Å². The summed E-state index contributed by atoms with van der Waals surface area (Å²) < 4.78 is 23.1. The van der Waals surface area contributed by atoms with Crippen molar-refractivity contribution in [2.45, 2.75) is 38.9 Å². The van der Waals surface area contributed by atoms with Crippen LogP contribution in [0.5, 0.6) is 0 Å². The smallest absolute Gasteiger partial charge is 0.407 e. The summed E-state index contributed by atoms with van der Waals surface area (Å²) in [5, 5.41) is 14.2. The van der Waals surface area contributed by atoms with E-state index in [0.29, 0.717) is 10.6 Å². The van der Waals surface area contributed by atoms with Crippen molar-refractivity contribution in [1.29, 1.82) is 0 Å². The number of halogens is 1. The summed E-state index contributed by atoms with van der Waals surface area (Å²) in [6.07, 6.45) is -0.812. The number of benzene rings is 1. The van der Waals surface area contributed by atoms with Gasteiger partial charge in [-0.2, -0.15) is 0 Å². The van der Waals surface area contributed by atoms with Crippen molar-refractivity contribution in [3.05, 3.63) is 34.9 Å². The van der Waals surface area contributed by atoms with Crippen LogP contribution in [0.25, 0.3) is 0 Å². The van der Waals surface area contributed by atoms with E-state index >= 15 is 0 Å². The van der Waals surface area contributed by atoms with E-state index in [1.807, 2.05) is 0 Å². The van der Waals surface area contributed by atoms with Crippen molar-refractivity contribution < 1.29 is 23.7 Å². The largest absolute Gasteiger partial charge is 0.444 e. The van der Waals surface area contributed by atoms with Crippen molar-refractivity contribution in [3.63, 3.8) is 0 Å². The number of amides is 1. The van der Waals surface area contributed by atoms with E-state index in [0.717, 1.165) is 0 Å². The molecule has 0 aliphatic heterocycles. The van der Waals surface area contributed by atoms with Gasteiger partial charge in [-0.05, 0) is 45.4 Å². The molecule has 1 amide bonds. The molecule has 1 rings (SSSR count). The van der Waals surface area contributed by atoms with Gasteiger partial charge in [-0.25, -0.2) is 4.79 Å². The molecular weight excluding hydrogens is 365 g/mol. The molecule has 2 unspecified atom stereocenters. The first-order valence-corrected chi connectivity index (χ1v) is 10.7. The number of aliphatic hydroxyl groups is 1. The Kier molecular flexibility index (Phi) is 7.51. The molecule has 0 heterocycles. The Bertz CT molecular complexity index is 629. The monoisotopic (exact) mass is 391 g/mol. The van der Waals surface area contributed by atoms with Gasteiger partial charge in [0.2, 0.25) is 7.37 Å². The predicted molar refractivity (Wildman–Crippen MR) is 99.6 cm³/mol. The fourth-order valence-corrected chi connectivity index (χ4v) is 4.34. The normalized spacial score (nSPS) is 16.6. The minimum Gasteiger partial charge on any atom is -0.444 e. The second-order valence-electron chi connectivity index (χ2n) is 6.98. The summed E-state index contributed by atoms with van der Waals surface area (Å²) in [6.45, 7) is 8.52. The molecule has 0 saturated heterocycles. The maximum Gasteiger partial charge on any atom is 0.407 e. The van der Waals surface area contributed by atoms with Gasteiger partial charge in [0.1, 0.15) is 11.2 Å². The fourth-order valence-electron chi connectivity index (χ4n) is 2.34. The zero-order valence-corrected chi connectivity index (χ0v) is 17.0. The van der Waals surface area contributed by atoms with Gasteiger partial charge < -0.3 is 19.7 Å². The lowest BCUT2D eigenvalue weighted by Crippen LogP contribution is -2.45. The minimum absolute atomic E-state index is 0.148. The van der Waals surface area contributed by atoms with Crippen molar-refractivity contribution in [3.8, 4) is 0 Å². The highest BCUT2D eigenvalue weighted by Crippen LogP contribution is 2.47. The van der Waals surface area contributed by atoms with Gasteiger partial charge >= 0.3 is 6.09 Å².